The Balaban J connectivity index is 0.000000342. The van der Waals surface area contributed by atoms with E-state index in [4.69, 9.17) is 33.9 Å². The Morgan fingerprint density at radius 1 is 0.614 bits per heavy atom. The molecule has 12 heteroatoms. The predicted octanol–water partition coefficient (Wildman–Crippen LogP) is 3.46. The van der Waals surface area contributed by atoms with E-state index < -0.39 is 42.2 Å². The van der Waals surface area contributed by atoms with Crippen molar-refractivity contribution in [3.63, 3.8) is 0 Å². The molecule has 3 atom stereocenters. The third kappa shape index (κ3) is 13.2. The third-order valence-corrected chi connectivity index (χ3v) is 5.58. The lowest BCUT2D eigenvalue weighted by Gasteiger charge is -2.18. The van der Waals surface area contributed by atoms with Crippen LogP contribution in [0.3, 0.4) is 0 Å². The van der Waals surface area contributed by atoms with E-state index in [-0.39, 0.29) is 39.6 Å². The number of carboxylic acids is 2. The molecule has 3 aromatic carbocycles. The molecule has 3 N–H and O–H groups in total. The standard InChI is InChI=1S/C20H20O7.C12H16O5/c1-14(21)27-20(17(22)15-8-4-2-5-9-15)26-13-12-25-18(19(23)24)16-10-6-3-7-11-16;13-6-7-16-8-9-17-11(12(14)15)10-4-2-1-3-5-10/h2-11,18,20H,12-13H2,1H3,(H,23,24);1-5,11,13H,6-9H2,(H,14,15). The number of aliphatic hydroxyl groups excluding tert-OH is 1. The van der Waals surface area contributed by atoms with Crippen LogP contribution in [0.25, 0.3) is 0 Å². The summed E-state index contributed by atoms with van der Waals surface area (Å²) in [5.74, 6) is -3.35. The lowest BCUT2D eigenvalue weighted by molar-refractivity contribution is -0.170. The summed E-state index contributed by atoms with van der Waals surface area (Å²) in [4.78, 5) is 46.0. The lowest BCUT2D eigenvalue weighted by Crippen LogP contribution is -2.31. The van der Waals surface area contributed by atoms with Crippen LogP contribution < -0.4 is 0 Å². The lowest BCUT2D eigenvalue weighted by atomic mass is 10.1. The first-order valence-corrected chi connectivity index (χ1v) is 13.6. The minimum Gasteiger partial charge on any atom is -0.479 e. The Kier molecular flexibility index (Phi) is 16.6. The van der Waals surface area contributed by atoms with Gasteiger partial charge in [0.05, 0.1) is 39.6 Å². The number of aliphatic carboxylic acids is 2. The van der Waals surface area contributed by atoms with E-state index in [1.165, 1.54) is 6.92 Å². The molecule has 0 heterocycles. The molecule has 0 aliphatic carbocycles. The Bertz CT molecular complexity index is 1270. The topological polar surface area (TPSA) is 175 Å². The maximum atomic E-state index is 12.4. The van der Waals surface area contributed by atoms with Crippen LogP contribution >= 0.6 is 0 Å². The van der Waals surface area contributed by atoms with Gasteiger partial charge in [-0.15, -0.1) is 0 Å². The summed E-state index contributed by atoms with van der Waals surface area (Å²) >= 11 is 0. The van der Waals surface area contributed by atoms with E-state index in [0.29, 0.717) is 16.7 Å². The van der Waals surface area contributed by atoms with Gasteiger partial charge in [0, 0.05) is 12.5 Å². The molecule has 12 nitrogen and oxygen atoms in total. The Morgan fingerprint density at radius 2 is 1.05 bits per heavy atom. The highest BCUT2D eigenvalue weighted by Crippen LogP contribution is 2.18. The number of esters is 1. The average molecular weight is 613 g/mol. The monoisotopic (exact) mass is 612 g/mol. The molecule has 3 aromatic rings. The second kappa shape index (κ2) is 20.4. The fraction of sp³-hybridized carbons (Fsp3) is 0.312. The number of carbonyl (C=O) groups is 4. The van der Waals surface area contributed by atoms with Gasteiger partial charge < -0.3 is 39.0 Å². The zero-order chi connectivity index (χ0) is 32.2. The summed E-state index contributed by atoms with van der Waals surface area (Å²) in [6.07, 6.45) is -3.56. The molecule has 0 saturated carbocycles. The molecule has 0 aliphatic rings. The quantitative estimate of drug-likeness (QED) is 0.0827. The van der Waals surface area contributed by atoms with Crippen molar-refractivity contribution >= 4 is 23.7 Å². The molecule has 0 radical (unpaired) electrons. The van der Waals surface area contributed by atoms with Crippen molar-refractivity contribution in [1.29, 1.82) is 0 Å². The summed E-state index contributed by atoms with van der Waals surface area (Å²) in [7, 11) is 0. The highest BCUT2D eigenvalue weighted by Gasteiger charge is 2.25. The number of aliphatic hydroxyl groups is 1. The van der Waals surface area contributed by atoms with Crippen molar-refractivity contribution in [2.45, 2.75) is 25.4 Å². The fourth-order valence-corrected chi connectivity index (χ4v) is 3.64. The zero-order valence-corrected chi connectivity index (χ0v) is 24.2. The van der Waals surface area contributed by atoms with Crippen LogP contribution in [0.5, 0.6) is 0 Å². The van der Waals surface area contributed by atoms with Crippen molar-refractivity contribution in [3.8, 4) is 0 Å². The summed E-state index contributed by atoms with van der Waals surface area (Å²) in [6.45, 7) is 1.54. The second-order valence-electron chi connectivity index (χ2n) is 8.88. The Hall–Kier alpha value is -4.46. The predicted molar refractivity (Wildman–Crippen MR) is 156 cm³/mol. The van der Waals surface area contributed by atoms with Gasteiger partial charge in [0.25, 0.3) is 6.29 Å². The van der Waals surface area contributed by atoms with Crippen LogP contribution in [0.4, 0.5) is 0 Å². The second-order valence-corrected chi connectivity index (χ2v) is 8.88. The van der Waals surface area contributed by atoms with Gasteiger partial charge >= 0.3 is 17.9 Å². The molecule has 0 aliphatic heterocycles. The normalized spacial score (nSPS) is 12.6. The molecular weight excluding hydrogens is 576 g/mol. The number of carboxylic acid groups (broad SMARTS) is 2. The maximum absolute atomic E-state index is 12.4. The minimum absolute atomic E-state index is 0.0545. The minimum atomic E-state index is -1.42. The zero-order valence-electron chi connectivity index (χ0n) is 24.2. The van der Waals surface area contributed by atoms with Gasteiger partial charge in [-0.05, 0) is 11.1 Å². The molecule has 3 rings (SSSR count). The number of hydrogen-bond donors (Lipinski definition) is 3. The summed E-state index contributed by atoms with van der Waals surface area (Å²) in [6, 6.07) is 25.5. The number of hydrogen-bond acceptors (Lipinski definition) is 10. The van der Waals surface area contributed by atoms with Crippen molar-refractivity contribution < 1.29 is 58.2 Å². The van der Waals surface area contributed by atoms with E-state index in [9.17, 15) is 24.3 Å². The van der Waals surface area contributed by atoms with Crippen molar-refractivity contribution in [3.05, 3.63) is 108 Å². The summed E-state index contributed by atoms with van der Waals surface area (Å²) < 4.78 is 25.8. The number of ether oxygens (including phenoxy) is 5. The number of Topliss-reactive ketones (excluding diaryl/α,β-unsaturated/α-hetero) is 1. The van der Waals surface area contributed by atoms with Crippen LogP contribution in [0, 0.1) is 0 Å². The highest BCUT2D eigenvalue weighted by atomic mass is 16.7. The fourth-order valence-electron chi connectivity index (χ4n) is 3.64. The number of benzene rings is 3. The third-order valence-electron chi connectivity index (χ3n) is 5.58. The van der Waals surface area contributed by atoms with Crippen molar-refractivity contribution in [2.24, 2.45) is 0 Å². The van der Waals surface area contributed by atoms with Gasteiger partial charge in [0.2, 0.25) is 5.78 Å². The Labute approximate surface area is 254 Å². The molecule has 0 spiro atoms. The van der Waals surface area contributed by atoms with E-state index in [2.05, 4.69) is 0 Å². The summed E-state index contributed by atoms with van der Waals surface area (Å²) in [5, 5.41) is 26.8. The van der Waals surface area contributed by atoms with Gasteiger partial charge in [0.15, 0.2) is 12.2 Å². The van der Waals surface area contributed by atoms with Crippen LogP contribution in [-0.2, 0) is 38.1 Å². The largest absolute Gasteiger partial charge is 0.479 e. The van der Waals surface area contributed by atoms with E-state index in [1.54, 1.807) is 84.9 Å². The van der Waals surface area contributed by atoms with Gasteiger partial charge in [-0.3, -0.25) is 9.59 Å². The smallest absolute Gasteiger partial charge is 0.337 e. The molecular formula is C32H36O12. The van der Waals surface area contributed by atoms with Crippen molar-refractivity contribution in [1.82, 2.24) is 0 Å². The van der Waals surface area contributed by atoms with Crippen LogP contribution in [-0.4, -0.2) is 84.9 Å². The first-order valence-electron chi connectivity index (χ1n) is 13.6. The SMILES string of the molecule is CC(=O)OC(OCCOC(C(=O)O)c1ccccc1)C(=O)c1ccccc1.O=C(O)C(OCCOCCO)c1ccccc1. The molecule has 0 amide bonds. The summed E-state index contributed by atoms with van der Waals surface area (Å²) in [5.41, 5.74) is 1.42. The highest BCUT2D eigenvalue weighted by molar-refractivity contribution is 5.99. The average Bonchev–Trinajstić information content (AvgIpc) is 3.03. The van der Waals surface area contributed by atoms with Gasteiger partial charge in [-0.25, -0.2) is 9.59 Å². The molecule has 44 heavy (non-hydrogen) atoms. The number of ketones is 1. The van der Waals surface area contributed by atoms with Crippen LogP contribution in [0.1, 0.15) is 40.6 Å². The maximum Gasteiger partial charge on any atom is 0.337 e. The molecule has 0 bridgehead atoms. The number of carbonyl (C=O) groups excluding carboxylic acids is 2. The van der Waals surface area contributed by atoms with E-state index in [0.717, 1.165) is 0 Å². The molecule has 236 valence electrons. The molecule has 0 saturated heterocycles. The first-order chi connectivity index (χ1) is 21.2. The Morgan fingerprint density at radius 3 is 1.48 bits per heavy atom. The van der Waals surface area contributed by atoms with E-state index >= 15 is 0 Å². The van der Waals surface area contributed by atoms with E-state index in [1.807, 2.05) is 6.07 Å². The number of rotatable bonds is 18. The van der Waals surface area contributed by atoms with Crippen molar-refractivity contribution in [2.75, 3.05) is 39.6 Å². The van der Waals surface area contributed by atoms with Gasteiger partial charge in [-0.1, -0.05) is 91.0 Å². The first kappa shape index (κ1) is 35.7. The van der Waals surface area contributed by atoms with Gasteiger partial charge in [0.1, 0.15) is 0 Å². The van der Waals surface area contributed by atoms with Crippen LogP contribution in [0.15, 0.2) is 91.0 Å². The van der Waals surface area contributed by atoms with Crippen LogP contribution in [0.2, 0.25) is 0 Å². The van der Waals surface area contributed by atoms with Gasteiger partial charge in [-0.2, -0.15) is 0 Å². The molecule has 3 unspecified atom stereocenters. The molecule has 0 fully saturated rings. The molecule has 0 aromatic heterocycles.